The van der Waals surface area contributed by atoms with Gasteiger partial charge < -0.3 is 4.98 Å². The van der Waals surface area contributed by atoms with Gasteiger partial charge in [0.1, 0.15) is 0 Å². The van der Waals surface area contributed by atoms with E-state index in [1.54, 1.807) is 0 Å². The number of aromatic nitrogens is 1. The molecule has 3 aromatic rings. The zero-order valence-electron chi connectivity index (χ0n) is 12.5. The lowest BCUT2D eigenvalue weighted by Gasteiger charge is -2.04. The molecule has 2 heterocycles. The Kier molecular flexibility index (Phi) is 3.43. The number of aromatic amines is 1. The first-order valence-electron chi connectivity index (χ1n) is 7.27. The Morgan fingerprint density at radius 2 is 1.70 bits per heavy atom. The minimum absolute atomic E-state index is 0.570. The summed E-state index contributed by atoms with van der Waals surface area (Å²) in [5, 5.41) is 1.30. The highest BCUT2D eigenvalue weighted by Gasteiger charge is 2.09. The van der Waals surface area contributed by atoms with Crippen LogP contribution in [0.25, 0.3) is 21.5 Å². The van der Waals surface area contributed by atoms with Crippen molar-refractivity contribution in [2.24, 2.45) is 0 Å². The topological polar surface area (TPSA) is 15.8 Å². The van der Waals surface area contributed by atoms with Gasteiger partial charge in [0.15, 0.2) is 0 Å². The molecular formula is C18H21NS. The lowest BCUT2D eigenvalue weighted by molar-refractivity contribution is 0.868. The Morgan fingerprint density at radius 3 is 2.35 bits per heavy atom. The number of fused-ring (bicyclic) bond motifs is 1. The first-order valence-corrected chi connectivity index (χ1v) is 8.09. The van der Waals surface area contributed by atoms with Crippen molar-refractivity contribution in [3.63, 3.8) is 0 Å². The summed E-state index contributed by atoms with van der Waals surface area (Å²) < 4.78 is 0. The highest BCUT2D eigenvalue weighted by Crippen LogP contribution is 2.33. The zero-order valence-corrected chi connectivity index (χ0v) is 13.3. The van der Waals surface area contributed by atoms with Crippen molar-refractivity contribution < 1.29 is 0 Å². The predicted octanol–water partition coefficient (Wildman–Crippen LogP) is 6.14. The molecule has 0 radical (unpaired) electrons. The Labute approximate surface area is 124 Å². The second-order valence-electron chi connectivity index (χ2n) is 6.04. The van der Waals surface area contributed by atoms with E-state index < -0.39 is 0 Å². The molecule has 2 heteroatoms. The van der Waals surface area contributed by atoms with E-state index in [1.807, 2.05) is 11.3 Å². The molecule has 0 spiro atoms. The lowest BCUT2D eigenvalue weighted by Crippen LogP contribution is -1.85. The van der Waals surface area contributed by atoms with Crippen LogP contribution in [0, 0.1) is 0 Å². The van der Waals surface area contributed by atoms with E-state index in [-0.39, 0.29) is 0 Å². The fourth-order valence-corrected chi connectivity index (χ4v) is 3.43. The van der Waals surface area contributed by atoms with Crippen LogP contribution in [0.15, 0.2) is 36.4 Å². The fraction of sp³-hybridized carbons (Fsp3) is 0.333. The van der Waals surface area contributed by atoms with Crippen molar-refractivity contribution in [3.8, 4) is 10.6 Å². The van der Waals surface area contributed by atoms with E-state index in [1.165, 1.54) is 31.9 Å². The number of H-pyrrole nitrogens is 1. The van der Waals surface area contributed by atoms with Gasteiger partial charge >= 0.3 is 0 Å². The van der Waals surface area contributed by atoms with Crippen molar-refractivity contribution >= 4 is 22.2 Å². The highest BCUT2D eigenvalue weighted by atomic mass is 32.1. The molecule has 0 bridgehead atoms. The van der Waals surface area contributed by atoms with Gasteiger partial charge in [-0.15, -0.1) is 11.3 Å². The van der Waals surface area contributed by atoms with Crippen LogP contribution in [0.3, 0.4) is 0 Å². The molecule has 0 fully saturated rings. The van der Waals surface area contributed by atoms with Gasteiger partial charge in [0.25, 0.3) is 0 Å². The van der Waals surface area contributed by atoms with Gasteiger partial charge in [0, 0.05) is 15.8 Å². The van der Waals surface area contributed by atoms with Crippen LogP contribution in [-0.4, -0.2) is 4.98 Å². The standard InChI is InChI=1S/C18H21NS/c1-11(2)13-5-6-14-10-16(19-15(14)9-13)18-8-7-17(20-18)12(3)4/h5-12,19H,1-4H3. The average Bonchev–Trinajstić information content (AvgIpc) is 3.04. The van der Waals surface area contributed by atoms with Crippen molar-refractivity contribution in [1.29, 1.82) is 0 Å². The first kappa shape index (κ1) is 13.4. The van der Waals surface area contributed by atoms with E-state index in [9.17, 15) is 0 Å². The molecule has 2 aromatic heterocycles. The van der Waals surface area contributed by atoms with E-state index in [0.717, 1.165) is 0 Å². The van der Waals surface area contributed by atoms with Gasteiger partial charge in [-0.1, -0.05) is 39.8 Å². The lowest BCUT2D eigenvalue weighted by atomic mass is 10.0. The largest absolute Gasteiger partial charge is 0.354 e. The van der Waals surface area contributed by atoms with Gasteiger partial charge in [-0.05, 0) is 41.7 Å². The van der Waals surface area contributed by atoms with Gasteiger partial charge in [0.05, 0.1) is 10.6 Å². The summed E-state index contributed by atoms with van der Waals surface area (Å²) in [5.74, 6) is 1.17. The molecule has 0 aliphatic rings. The Morgan fingerprint density at radius 1 is 0.900 bits per heavy atom. The second-order valence-corrected chi connectivity index (χ2v) is 7.16. The third-order valence-corrected chi connectivity index (χ3v) is 5.19. The number of rotatable bonds is 3. The number of benzene rings is 1. The molecule has 1 aromatic carbocycles. The molecule has 0 saturated carbocycles. The molecule has 0 aliphatic carbocycles. The maximum absolute atomic E-state index is 3.57. The number of nitrogens with one attached hydrogen (secondary N) is 1. The summed E-state index contributed by atoms with van der Waals surface area (Å²) in [5.41, 5.74) is 3.86. The molecular weight excluding hydrogens is 262 g/mol. The van der Waals surface area contributed by atoms with E-state index in [2.05, 4.69) is 69.1 Å². The molecule has 1 N–H and O–H groups in total. The monoisotopic (exact) mass is 283 g/mol. The Balaban J connectivity index is 2.03. The second kappa shape index (κ2) is 5.10. The molecule has 0 aliphatic heterocycles. The summed E-state index contributed by atoms with van der Waals surface area (Å²) in [6.07, 6.45) is 0. The molecule has 0 saturated heterocycles. The molecule has 1 nitrogen and oxygen atoms in total. The summed E-state index contributed by atoms with van der Waals surface area (Å²) in [4.78, 5) is 6.35. The quantitative estimate of drug-likeness (QED) is 0.594. The summed E-state index contributed by atoms with van der Waals surface area (Å²) in [6.45, 7) is 8.96. The van der Waals surface area contributed by atoms with E-state index >= 15 is 0 Å². The van der Waals surface area contributed by atoms with Gasteiger partial charge in [-0.3, -0.25) is 0 Å². The normalized spacial score (nSPS) is 11.9. The number of thiophene rings is 1. The minimum Gasteiger partial charge on any atom is -0.354 e. The minimum atomic E-state index is 0.570. The van der Waals surface area contributed by atoms with E-state index in [0.29, 0.717) is 11.8 Å². The van der Waals surface area contributed by atoms with Gasteiger partial charge in [0.2, 0.25) is 0 Å². The third kappa shape index (κ3) is 2.40. The highest BCUT2D eigenvalue weighted by molar-refractivity contribution is 7.15. The molecule has 3 rings (SSSR count). The maximum Gasteiger partial charge on any atom is 0.0566 e. The fourth-order valence-electron chi connectivity index (χ4n) is 2.44. The smallest absolute Gasteiger partial charge is 0.0566 e. The van der Waals surface area contributed by atoms with Crippen LogP contribution in [-0.2, 0) is 0 Å². The van der Waals surface area contributed by atoms with Crippen molar-refractivity contribution in [3.05, 3.63) is 46.8 Å². The maximum atomic E-state index is 3.57. The van der Waals surface area contributed by atoms with Crippen LogP contribution >= 0.6 is 11.3 Å². The van der Waals surface area contributed by atoms with Gasteiger partial charge in [-0.2, -0.15) is 0 Å². The SMILES string of the molecule is CC(C)c1ccc2cc(-c3ccc(C(C)C)s3)[nH]c2c1. The van der Waals surface area contributed by atoms with Crippen LogP contribution in [0.2, 0.25) is 0 Å². The number of hydrogen-bond acceptors (Lipinski definition) is 1. The number of hydrogen-bond donors (Lipinski definition) is 1. The molecule has 0 unspecified atom stereocenters. The summed E-state index contributed by atoms with van der Waals surface area (Å²) >= 11 is 1.89. The predicted molar refractivity (Wildman–Crippen MR) is 89.8 cm³/mol. The van der Waals surface area contributed by atoms with Crippen molar-refractivity contribution in [1.82, 2.24) is 4.98 Å². The van der Waals surface area contributed by atoms with Crippen LogP contribution < -0.4 is 0 Å². The molecule has 0 amide bonds. The zero-order chi connectivity index (χ0) is 14.3. The molecule has 20 heavy (non-hydrogen) atoms. The molecule has 104 valence electrons. The summed E-state index contributed by atoms with van der Waals surface area (Å²) in [7, 11) is 0. The van der Waals surface area contributed by atoms with Gasteiger partial charge in [-0.25, -0.2) is 0 Å². The van der Waals surface area contributed by atoms with Crippen molar-refractivity contribution in [2.45, 2.75) is 39.5 Å². The van der Waals surface area contributed by atoms with Crippen molar-refractivity contribution in [2.75, 3.05) is 0 Å². The third-order valence-electron chi connectivity index (χ3n) is 3.77. The van der Waals surface area contributed by atoms with Crippen LogP contribution in [0.5, 0.6) is 0 Å². The van der Waals surface area contributed by atoms with Crippen LogP contribution in [0.4, 0.5) is 0 Å². The Bertz CT molecular complexity index is 731. The van der Waals surface area contributed by atoms with E-state index in [4.69, 9.17) is 0 Å². The summed E-state index contributed by atoms with van der Waals surface area (Å²) in [6, 6.07) is 13.5. The first-order chi connectivity index (χ1) is 9.54. The Hall–Kier alpha value is -1.54. The van der Waals surface area contributed by atoms with Crippen LogP contribution in [0.1, 0.15) is 50.0 Å². The molecule has 0 atom stereocenters. The average molecular weight is 283 g/mol.